The number of nitrogens with one attached hydrogen (secondary N) is 1. The Morgan fingerprint density at radius 3 is 2.56 bits per heavy atom. The molecule has 0 amide bonds. The lowest BCUT2D eigenvalue weighted by Gasteiger charge is -2.28. The smallest absolute Gasteiger partial charge is 0.273 e. The van der Waals surface area contributed by atoms with Crippen LogP contribution in [0.15, 0.2) is 9.95 Å². The van der Waals surface area contributed by atoms with Crippen LogP contribution < -0.4 is 5.69 Å². The first-order valence-electron chi connectivity index (χ1n) is 5.16. The molecule has 0 bridgehead atoms. The van der Waals surface area contributed by atoms with Gasteiger partial charge in [-0.1, -0.05) is 48.5 Å². The first-order chi connectivity index (χ1) is 7.36. The van der Waals surface area contributed by atoms with Gasteiger partial charge in [0.2, 0.25) is 0 Å². The van der Waals surface area contributed by atoms with E-state index in [1.165, 1.54) is 0 Å². The topological polar surface area (TPSA) is 50.7 Å². The molecule has 0 aliphatic rings. The van der Waals surface area contributed by atoms with Gasteiger partial charge in [-0.3, -0.25) is 4.57 Å². The number of alkyl halides is 1. The maximum atomic E-state index is 11.2. The van der Waals surface area contributed by atoms with Crippen molar-refractivity contribution in [1.29, 1.82) is 0 Å². The second-order valence-corrected chi connectivity index (χ2v) is 6.53. The first-order valence-corrected chi connectivity index (χ1v) is 7.27. The quantitative estimate of drug-likeness (QED) is 0.686. The van der Waals surface area contributed by atoms with Crippen LogP contribution in [-0.4, -0.2) is 25.8 Å². The molecule has 6 heteroatoms. The van der Waals surface area contributed by atoms with Gasteiger partial charge >= 0.3 is 5.69 Å². The van der Waals surface area contributed by atoms with Crippen LogP contribution in [0.5, 0.6) is 0 Å². The number of thioether (sulfide) groups is 1. The zero-order chi connectivity index (χ0) is 12.3. The Kier molecular flexibility index (Phi) is 4.67. The highest BCUT2D eigenvalue weighted by atomic mass is 79.9. The van der Waals surface area contributed by atoms with Crippen molar-refractivity contribution in [3.05, 3.63) is 10.5 Å². The number of rotatable bonds is 4. The van der Waals surface area contributed by atoms with E-state index in [4.69, 9.17) is 0 Å². The summed E-state index contributed by atoms with van der Waals surface area (Å²) < 4.78 is 1.54. The van der Waals surface area contributed by atoms with Crippen molar-refractivity contribution in [2.75, 3.05) is 11.1 Å². The van der Waals surface area contributed by atoms with E-state index in [1.54, 1.807) is 23.4 Å². The largest absolute Gasteiger partial charge is 0.343 e. The van der Waals surface area contributed by atoms with Crippen molar-refractivity contribution in [2.45, 2.75) is 25.9 Å². The molecular formula is C10H18BrN3OS. The normalized spacial score (nSPS) is 14.1. The molecule has 4 nitrogen and oxygen atoms in total. The molecule has 0 radical (unpaired) electrons. The summed E-state index contributed by atoms with van der Waals surface area (Å²) in [6.07, 6.45) is 0. The summed E-state index contributed by atoms with van der Waals surface area (Å²) in [7, 11) is 1.73. The van der Waals surface area contributed by atoms with Crippen LogP contribution in [-0.2, 0) is 7.05 Å². The Hall–Kier alpha value is -0.230. The molecule has 92 valence electrons. The lowest BCUT2D eigenvalue weighted by molar-refractivity contribution is 0.295. The second-order valence-electron chi connectivity index (χ2n) is 4.90. The predicted octanol–water partition coefficient (Wildman–Crippen LogP) is 2.26. The van der Waals surface area contributed by atoms with E-state index in [0.29, 0.717) is 5.92 Å². The van der Waals surface area contributed by atoms with Gasteiger partial charge in [0.25, 0.3) is 0 Å². The van der Waals surface area contributed by atoms with Gasteiger partial charge < -0.3 is 0 Å². The summed E-state index contributed by atoms with van der Waals surface area (Å²) >= 11 is 5.16. The van der Waals surface area contributed by atoms with Gasteiger partial charge in [0.15, 0.2) is 5.16 Å². The molecule has 0 aromatic carbocycles. The fourth-order valence-corrected chi connectivity index (χ4v) is 4.02. The molecule has 1 rings (SSSR count). The third-order valence-electron chi connectivity index (χ3n) is 2.66. The summed E-state index contributed by atoms with van der Waals surface area (Å²) in [6.45, 7) is 6.68. The van der Waals surface area contributed by atoms with Crippen LogP contribution in [0.25, 0.3) is 0 Å². The molecule has 0 fully saturated rings. The molecule has 1 N–H and O–H groups in total. The van der Waals surface area contributed by atoms with Gasteiger partial charge in [-0.2, -0.15) is 0 Å². The highest BCUT2D eigenvalue weighted by molar-refractivity contribution is 9.09. The van der Waals surface area contributed by atoms with E-state index in [0.717, 1.165) is 16.2 Å². The Bertz CT molecular complexity index is 394. The molecular weight excluding hydrogens is 290 g/mol. The van der Waals surface area contributed by atoms with Gasteiger partial charge in [-0.05, 0) is 11.3 Å². The van der Waals surface area contributed by atoms with Crippen molar-refractivity contribution in [2.24, 2.45) is 18.4 Å². The minimum atomic E-state index is -0.159. The Balaban J connectivity index is 2.63. The third kappa shape index (κ3) is 3.38. The lowest BCUT2D eigenvalue weighted by atomic mass is 9.83. The average Bonchev–Trinajstić information content (AvgIpc) is 2.48. The van der Waals surface area contributed by atoms with Gasteiger partial charge in [-0.25, -0.2) is 9.89 Å². The molecule has 0 saturated carbocycles. The molecule has 0 aliphatic heterocycles. The second kappa shape index (κ2) is 5.40. The molecule has 0 spiro atoms. The summed E-state index contributed by atoms with van der Waals surface area (Å²) in [5.74, 6) is 1.50. The fraction of sp³-hybridized carbons (Fsp3) is 0.800. The maximum absolute atomic E-state index is 11.2. The molecule has 16 heavy (non-hydrogen) atoms. The first kappa shape index (κ1) is 13.8. The molecule has 0 aliphatic carbocycles. The molecule has 1 aromatic rings. The SMILES string of the molecule is Cn1c(SCC(CBr)C(C)(C)C)n[nH]c1=O. The highest BCUT2D eigenvalue weighted by Crippen LogP contribution is 2.31. The van der Waals surface area contributed by atoms with E-state index in [9.17, 15) is 4.79 Å². The lowest BCUT2D eigenvalue weighted by Crippen LogP contribution is -2.24. The summed E-state index contributed by atoms with van der Waals surface area (Å²) in [4.78, 5) is 11.2. The number of hydrogen-bond acceptors (Lipinski definition) is 3. The van der Waals surface area contributed by atoms with Crippen LogP contribution in [0.4, 0.5) is 0 Å². The minimum Gasteiger partial charge on any atom is -0.273 e. The van der Waals surface area contributed by atoms with E-state index in [-0.39, 0.29) is 11.1 Å². The number of aromatic amines is 1. The zero-order valence-electron chi connectivity index (χ0n) is 10.1. The number of halogens is 1. The van der Waals surface area contributed by atoms with Crippen LogP contribution >= 0.6 is 27.7 Å². The molecule has 1 unspecified atom stereocenters. The molecule has 1 heterocycles. The monoisotopic (exact) mass is 307 g/mol. The van der Waals surface area contributed by atoms with Crippen molar-refractivity contribution >= 4 is 27.7 Å². The van der Waals surface area contributed by atoms with Gasteiger partial charge in [0, 0.05) is 18.1 Å². The van der Waals surface area contributed by atoms with Gasteiger partial charge in [-0.15, -0.1) is 5.10 Å². The van der Waals surface area contributed by atoms with Gasteiger partial charge in [0.1, 0.15) is 0 Å². The van der Waals surface area contributed by atoms with E-state index >= 15 is 0 Å². The fourth-order valence-electron chi connectivity index (χ4n) is 1.16. The summed E-state index contributed by atoms with van der Waals surface area (Å²) in [6, 6.07) is 0. The van der Waals surface area contributed by atoms with Crippen LogP contribution in [0.2, 0.25) is 0 Å². The Labute approximate surface area is 108 Å². The van der Waals surface area contributed by atoms with Crippen molar-refractivity contribution in [1.82, 2.24) is 14.8 Å². The van der Waals surface area contributed by atoms with E-state index in [1.807, 2.05) is 0 Å². The maximum Gasteiger partial charge on any atom is 0.343 e. The van der Waals surface area contributed by atoms with E-state index in [2.05, 4.69) is 46.9 Å². The summed E-state index contributed by atoms with van der Waals surface area (Å²) in [5, 5.41) is 8.13. The number of hydrogen-bond donors (Lipinski definition) is 1. The zero-order valence-corrected chi connectivity index (χ0v) is 12.5. The van der Waals surface area contributed by atoms with E-state index < -0.39 is 0 Å². The molecule has 1 aromatic heterocycles. The van der Waals surface area contributed by atoms with Crippen LogP contribution in [0.1, 0.15) is 20.8 Å². The average molecular weight is 308 g/mol. The number of aromatic nitrogens is 3. The number of H-pyrrole nitrogens is 1. The van der Waals surface area contributed by atoms with Crippen LogP contribution in [0, 0.1) is 11.3 Å². The van der Waals surface area contributed by atoms with Crippen molar-refractivity contribution in [3.8, 4) is 0 Å². The number of nitrogens with zero attached hydrogens (tertiary/aromatic N) is 2. The van der Waals surface area contributed by atoms with Crippen molar-refractivity contribution in [3.63, 3.8) is 0 Å². The molecule has 0 saturated heterocycles. The minimum absolute atomic E-state index is 0.159. The predicted molar refractivity (Wildman–Crippen MR) is 71.3 cm³/mol. The van der Waals surface area contributed by atoms with Crippen LogP contribution in [0.3, 0.4) is 0 Å². The van der Waals surface area contributed by atoms with Gasteiger partial charge in [0.05, 0.1) is 0 Å². The summed E-state index contributed by atoms with van der Waals surface area (Å²) in [5.41, 5.74) is 0.0970. The van der Waals surface area contributed by atoms with Crippen molar-refractivity contribution < 1.29 is 0 Å². The Morgan fingerprint density at radius 1 is 1.56 bits per heavy atom. The standard InChI is InChI=1S/C10H18BrN3OS/c1-10(2,3)7(5-11)6-16-9-13-12-8(15)14(9)4/h7H,5-6H2,1-4H3,(H,12,15). The third-order valence-corrected chi connectivity index (χ3v) is 4.64. The Morgan fingerprint density at radius 2 is 2.19 bits per heavy atom. The molecule has 1 atom stereocenters. The highest BCUT2D eigenvalue weighted by Gasteiger charge is 2.24.